The quantitative estimate of drug-likeness (QED) is 0.550. The molecule has 1 spiro atoms. The lowest BCUT2D eigenvalue weighted by atomic mass is 9.55. The van der Waals surface area contributed by atoms with Gasteiger partial charge in [0, 0.05) is 24.2 Å². The van der Waals surface area contributed by atoms with Crippen molar-refractivity contribution in [3.05, 3.63) is 12.7 Å². The summed E-state index contributed by atoms with van der Waals surface area (Å²) in [4.78, 5) is 11.2. The Balaban J connectivity index is 1.81. The molecule has 5 rings (SSSR count). The summed E-state index contributed by atoms with van der Waals surface area (Å²) >= 11 is 0. The van der Waals surface area contributed by atoms with Crippen LogP contribution in [0.15, 0.2) is 12.7 Å². The molecule has 4 aliphatic heterocycles. The number of hydrogen-bond acceptors (Lipinski definition) is 5. The van der Waals surface area contributed by atoms with Crippen LogP contribution in [0.25, 0.3) is 0 Å². The van der Waals surface area contributed by atoms with Gasteiger partial charge < -0.3 is 14.2 Å². The van der Waals surface area contributed by atoms with Crippen LogP contribution in [0, 0.1) is 23.7 Å². The van der Waals surface area contributed by atoms with Crippen molar-refractivity contribution in [3.8, 4) is 0 Å². The third-order valence-electron chi connectivity index (χ3n) is 6.75. The minimum Gasteiger partial charge on any atom is -0.338 e. The van der Waals surface area contributed by atoms with Gasteiger partial charge in [-0.3, -0.25) is 0 Å². The molecule has 4 saturated heterocycles. The molecule has 0 N–H and O–H groups in total. The first kappa shape index (κ1) is 18.7. The van der Waals surface area contributed by atoms with Gasteiger partial charge in [0.2, 0.25) is 5.79 Å². The van der Waals surface area contributed by atoms with Crippen molar-refractivity contribution in [2.75, 3.05) is 6.61 Å². The lowest BCUT2D eigenvalue weighted by molar-refractivity contribution is -0.631. The van der Waals surface area contributed by atoms with Crippen molar-refractivity contribution in [2.24, 2.45) is 23.7 Å². The highest BCUT2D eigenvalue weighted by Crippen LogP contribution is 2.65. The van der Waals surface area contributed by atoms with Crippen LogP contribution in [0.2, 0.25) is 0 Å². The van der Waals surface area contributed by atoms with Crippen LogP contribution in [0.1, 0.15) is 40.0 Å². The van der Waals surface area contributed by atoms with E-state index in [9.17, 15) is 13.2 Å². The van der Waals surface area contributed by atoms with Gasteiger partial charge in [0.15, 0.2) is 11.9 Å². The van der Waals surface area contributed by atoms with E-state index in [1.807, 2.05) is 0 Å². The number of rotatable bonds is 3. The van der Waals surface area contributed by atoms with Gasteiger partial charge in [0.05, 0.1) is 6.61 Å². The second-order valence-electron chi connectivity index (χ2n) is 8.25. The number of fused-ring (bicyclic) bond motifs is 1. The molecule has 1 saturated carbocycles. The van der Waals surface area contributed by atoms with Crippen LogP contribution in [-0.2, 0) is 24.0 Å². The average Bonchev–Trinajstić information content (AvgIpc) is 2.56. The maximum absolute atomic E-state index is 14.2. The molecule has 5 fully saturated rings. The lowest BCUT2D eigenvalue weighted by Gasteiger charge is -2.68. The molecule has 0 aromatic carbocycles. The minimum absolute atomic E-state index is 0.00633. The highest BCUT2D eigenvalue weighted by molar-refractivity contribution is 5.14. The number of hydrogen-bond donors (Lipinski definition) is 0. The van der Waals surface area contributed by atoms with Gasteiger partial charge in [-0.2, -0.15) is 13.2 Å². The Morgan fingerprint density at radius 3 is 2.54 bits per heavy atom. The molecule has 148 valence electrons. The molecule has 0 radical (unpaired) electrons. The van der Waals surface area contributed by atoms with Crippen LogP contribution in [0.4, 0.5) is 13.2 Å². The van der Waals surface area contributed by atoms with Gasteiger partial charge >= 0.3 is 6.18 Å². The van der Waals surface area contributed by atoms with Crippen molar-refractivity contribution >= 4 is 0 Å². The van der Waals surface area contributed by atoms with Gasteiger partial charge in [-0.05, 0) is 25.7 Å². The lowest BCUT2D eigenvalue weighted by Crippen LogP contribution is -2.80. The standard InChI is InChI=1S/C18H25F3O5/c1-5-8-22-17(18(19,20)21)11(3)12-7-6-10(2)13-9-15(4)23-14(24-17)16(12,13)26-25-15/h5,10-14H,1,6-9H2,2-4H3/t10-,11-,12+,13+,14+,15-,16+,17-/m1/s1. The van der Waals surface area contributed by atoms with E-state index in [2.05, 4.69) is 13.5 Å². The second-order valence-corrected chi connectivity index (χ2v) is 8.25. The number of alkyl halides is 3. The van der Waals surface area contributed by atoms with E-state index in [0.29, 0.717) is 12.8 Å². The Morgan fingerprint density at radius 2 is 1.88 bits per heavy atom. The maximum atomic E-state index is 14.2. The fourth-order valence-corrected chi connectivity index (χ4v) is 5.49. The highest BCUT2D eigenvalue weighted by atomic mass is 19.4. The third-order valence-corrected chi connectivity index (χ3v) is 6.75. The van der Waals surface area contributed by atoms with Crippen molar-refractivity contribution in [3.63, 3.8) is 0 Å². The first-order chi connectivity index (χ1) is 12.1. The molecular formula is C18H25F3O5. The number of ether oxygens (including phenoxy) is 3. The van der Waals surface area contributed by atoms with Crippen molar-refractivity contribution < 1.29 is 37.2 Å². The Labute approximate surface area is 150 Å². The molecular weight excluding hydrogens is 353 g/mol. The molecule has 26 heavy (non-hydrogen) atoms. The van der Waals surface area contributed by atoms with E-state index < -0.39 is 41.5 Å². The second kappa shape index (κ2) is 5.67. The van der Waals surface area contributed by atoms with Crippen LogP contribution in [0.5, 0.6) is 0 Å². The summed E-state index contributed by atoms with van der Waals surface area (Å²) in [6.45, 7) is 8.48. The van der Waals surface area contributed by atoms with E-state index in [1.54, 1.807) is 6.92 Å². The highest BCUT2D eigenvalue weighted by Gasteiger charge is 2.78. The molecule has 0 aromatic heterocycles. The predicted molar refractivity (Wildman–Crippen MR) is 83.4 cm³/mol. The number of halogens is 3. The zero-order valence-corrected chi connectivity index (χ0v) is 15.2. The Kier molecular flexibility index (Phi) is 4.07. The van der Waals surface area contributed by atoms with E-state index in [4.69, 9.17) is 24.0 Å². The van der Waals surface area contributed by atoms with E-state index in [0.717, 1.165) is 6.42 Å². The SMILES string of the molecule is C=CCO[C@@]1(C(F)(F)F)O[C@@H]2O[C@@]3(C)C[C@H]4[C@H](C)CC[C@@H]([C@H]1C)[C@@]24OO3. The molecule has 2 bridgehead atoms. The van der Waals surface area contributed by atoms with Gasteiger partial charge in [-0.25, -0.2) is 9.78 Å². The fourth-order valence-electron chi connectivity index (χ4n) is 5.49. The summed E-state index contributed by atoms with van der Waals surface area (Å²) < 4.78 is 59.2. The molecule has 4 heterocycles. The fraction of sp³-hybridized carbons (Fsp3) is 0.889. The van der Waals surface area contributed by atoms with Crippen molar-refractivity contribution in [2.45, 2.75) is 69.7 Å². The summed E-state index contributed by atoms with van der Waals surface area (Å²) in [6.07, 6.45) is -2.67. The third kappa shape index (κ3) is 2.22. The molecule has 0 amide bonds. The zero-order chi connectivity index (χ0) is 19.0. The van der Waals surface area contributed by atoms with Gasteiger partial charge in [0.25, 0.3) is 5.79 Å². The van der Waals surface area contributed by atoms with Crippen molar-refractivity contribution in [1.82, 2.24) is 0 Å². The maximum Gasteiger partial charge on any atom is 0.443 e. The minimum atomic E-state index is -4.72. The molecule has 0 aromatic rings. The van der Waals surface area contributed by atoms with Crippen molar-refractivity contribution in [1.29, 1.82) is 0 Å². The molecule has 8 atom stereocenters. The molecule has 8 heteroatoms. The smallest absolute Gasteiger partial charge is 0.338 e. The normalized spacial score (nSPS) is 53.2. The average molecular weight is 378 g/mol. The first-order valence-electron chi connectivity index (χ1n) is 9.14. The molecule has 5 aliphatic rings. The Bertz CT molecular complexity index is 598. The van der Waals surface area contributed by atoms with Gasteiger partial charge in [-0.15, -0.1) is 6.58 Å². The zero-order valence-electron chi connectivity index (χ0n) is 15.2. The van der Waals surface area contributed by atoms with Crippen LogP contribution >= 0.6 is 0 Å². The van der Waals surface area contributed by atoms with Crippen LogP contribution in [-0.4, -0.2) is 36.2 Å². The Hall–Kier alpha value is -0.670. The summed E-state index contributed by atoms with van der Waals surface area (Å²) in [7, 11) is 0. The molecule has 1 aliphatic carbocycles. The van der Waals surface area contributed by atoms with E-state index >= 15 is 0 Å². The summed E-state index contributed by atoms with van der Waals surface area (Å²) in [5.74, 6) is -5.04. The summed E-state index contributed by atoms with van der Waals surface area (Å²) in [5, 5.41) is 0. The Morgan fingerprint density at radius 1 is 1.15 bits per heavy atom. The van der Waals surface area contributed by atoms with Crippen LogP contribution in [0.3, 0.4) is 0 Å². The van der Waals surface area contributed by atoms with E-state index in [-0.39, 0.29) is 18.4 Å². The van der Waals surface area contributed by atoms with Crippen LogP contribution < -0.4 is 0 Å². The summed E-state index contributed by atoms with van der Waals surface area (Å²) in [5.41, 5.74) is -1.04. The molecule has 0 unspecified atom stereocenters. The topological polar surface area (TPSA) is 46.2 Å². The molecule has 5 nitrogen and oxygen atoms in total. The van der Waals surface area contributed by atoms with E-state index in [1.165, 1.54) is 13.0 Å². The van der Waals surface area contributed by atoms with Gasteiger partial charge in [0.1, 0.15) is 0 Å². The van der Waals surface area contributed by atoms with Gasteiger partial charge in [-0.1, -0.05) is 19.9 Å². The largest absolute Gasteiger partial charge is 0.443 e. The first-order valence-corrected chi connectivity index (χ1v) is 9.14. The predicted octanol–water partition coefficient (Wildman–Crippen LogP) is 3.94. The summed E-state index contributed by atoms with van der Waals surface area (Å²) in [6, 6.07) is 0. The monoisotopic (exact) mass is 378 g/mol.